The van der Waals surface area contributed by atoms with Gasteiger partial charge in [0, 0.05) is 11.6 Å². The molecule has 1 N–H and O–H groups in total. The number of nitrogens with zero attached hydrogens (tertiary/aromatic N) is 1. The highest BCUT2D eigenvalue weighted by molar-refractivity contribution is 7.92. The zero-order chi connectivity index (χ0) is 21.7. The fourth-order valence-electron chi connectivity index (χ4n) is 2.91. The molecule has 3 rings (SSSR count). The molecule has 0 aliphatic heterocycles. The first-order chi connectivity index (χ1) is 14.3. The van der Waals surface area contributed by atoms with E-state index in [4.69, 9.17) is 11.6 Å². The first-order valence-corrected chi connectivity index (χ1v) is 11.3. The molecule has 156 valence electrons. The van der Waals surface area contributed by atoms with Gasteiger partial charge in [0.1, 0.15) is 6.54 Å². The van der Waals surface area contributed by atoms with E-state index in [9.17, 15) is 13.2 Å². The molecule has 3 aromatic carbocycles. The minimum atomic E-state index is -3.96. The number of anilines is 1. The van der Waals surface area contributed by atoms with Crippen molar-refractivity contribution in [3.8, 4) is 0 Å². The fourth-order valence-corrected chi connectivity index (χ4v) is 4.45. The van der Waals surface area contributed by atoms with E-state index >= 15 is 0 Å². The average molecular weight is 443 g/mol. The van der Waals surface area contributed by atoms with Gasteiger partial charge < -0.3 is 5.32 Å². The minimum Gasteiger partial charge on any atom is -0.350 e. The lowest BCUT2D eigenvalue weighted by atomic mass is 10.1. The molecule has 0 atom stereocenters. The molecule has 5 nitrogen and oxygen atoms in total. The van der Waals surface area contributed by atoms with Crippen LogP contribution in [0.4, 0.5) is 5.69 Å². The van der Waals surface area contributed by atoms with Crippen LogP contribution in [0.15, 0.2) is 77.7 Å². The van der Waals surface area contributed by atoms with Gasteiger partial charge in [-0.25, -0.2) is 8.42 Å². The Balaban J connectivity index is 1.90. The summed E-state index contributed by atoms with van der Waals surface area (Å²) in [7, 11) is -3.96. The predicted molar refractivity (Wildman–Crippen MR) is 120 cm³/mol. The largest absolute Gasteiger partial charge is 0.350 e. The van der Waals surface area contributed by atoms with Crippen LogP contribution in [-0.2, 0) is 21.4 Å². The number of benzene rings is 3. The van der Waals surface area contributed by atoms with E-state index in [0.717, 1.165) is 21.0 Å². The quantitative estimate of drug-likeness (QED) is 0.587. The Morgan fingerprint density at radius 3 is 2.23 bits per heavy atom. The fraction of sp³-hybridized carbons (Fsp3) is 0.174. The van der Waals surface area contributed by atoms with Crippen molar-refractivity contribution < 1.29 is 13.2 Å². The summed E-state index contributed by atoms with van der Waals surface area (Å²) in [4.78, 5) is 12.7. The summed E-state index contributed by atoms with van der Waals surface area (Å²) in [6.07, 6.45) is 0. The first-order valence-electron chi connectivity index (χ1n) is 9.43. The van der Waals surface area contributed by atoms with Gasteiger partial charge in [0.25, 0.3) is 10.0 Å². The third kappa shape index (κ3) is 5.20. The first kappa shape index (κ1) is 21.9. The monoisotopic (exact) mass is 442 g/mol. The van der Waals surface area contributed by atoms with Crippen LogP contribution in [0.2, 0.25) is 5.02 Å². The Bertz CT molecular complexity index is 1130. The Hall–Kier alpha value is -2.83. The molecule has 0 unspecified atom stereocenters. The van der Waals surface area contributed by atoms with Crippen molar-refractivity contribution in [3.05, 3.63) is 94.5 Å². The summed E-state index contributed by atoms with van der Waals surface area (Å²) < 4.78 is 27.8. The third-order valence-corrected chi connectivity index (χ3v) is 6.84. The lowest BCUT2D eigenvalue weighted by Gasteiger charge is -2.25. The van der Waals surface area contributed by atoms with Gasteiger partial charge in [-0.2, -0.15) is 0 Å². The highest BCUT2D eigenvalue weighted by Gasteiger charge is 2.27. The van der Waals surface area contributed by atoms with Crippen LogP contribution in [0.1, 0.15) is 16.7 Å². The van der Waals surface area contributed by atoms with Crippen molar-refractivity contribution in [2.45, 2.75) is 25.3 Å². The van der Waals surface area contributed by atoms with E-state index in [-0.39, 0.29) is 11.4 Å². The normalized spacial score (nSPS) is 11.2. The maximum absolute atomic E-state index is 13.4. The summed E-state index contributed by atoms with van der Waals surface area (Å²) in [6.45, 7) is 3.84. The SMILES string of the molecule is Cc1ccc(N(CC(=O)NCc2ccccc2)S(=O)(=O)c2ccc(Cl)cc2)cc1C. The van der Waals surface area contributed by atoms with E-state index in [1.54, 1.807) is 12.1 Å². The molecule has 0 heterocycles. The number of hydrogen-bond donors (Lipinski definition) is 1. The molecular formula is C23H23ClN2O3S. The molecule has 7 heteroatoms. The highest BCUT2D eigenvalue weighted by Crippen LogP contribution is 2.26. The van der Waals surface area contributed by atoms with Gasteiger partial charge in [0.2, 0.25) is 5.91 Å². The molecule has 0 saturated carbocycles. The van der Waals surface area contributed by atoms with E-state index in [1.165, 1.54) is 24.3 Å². The molecule has 0 radical (unpaired) electrons. The van der Waals surface area contributed by atoms with Crippen LogP contribution in [0.25, 0.3) is 0 Å². The molecule has 1 amide bonds. The van der Waals surface area contributed by atoms with Crippen molar-refractivity contribution in [2.24, 2.45) is 0 Å². The van der Waals surface area contributed by atoms with Crippen LogP contribution in [0.5, 0.6) is 0 Å². The maximum atomic E-state index is 13.4. The number of aryl methyl sites for hydroxylation is 2. The molecule has 3 aromatic rings. The zero-order valence-electron chi connectivity index (χ0n) is 16.8. The summed E-state index contributed by atoms with van der Waals surface area (Å²) in [5.41, 5.74) is 3.34. The van der Waals surface area contributed by atoms with Crippen molar-refractivity contribution in [1.82, 2.24) is 5.32 Å². The van der Waals surface area contributed by atoms with Gasteiger partial charge in [-0.1, -0.05) is 48.0 Å². The Morgan fingerprint density at radius 1 is 0.933 bits per heavy atom. The molecule has 0 aromatic heterocycles. The van der Waals surface area contributed by atoms with Crippen molar-refractivity contribution >= 4 is 33.2 Å². The molecular weight excluding hydrogens is 420 g/mol. The standard InChI is InChI=1S/C23H23ClN2O3S/c1-17-8-11-21(14-18(17)2)26(30(28,29)22-12-9-20(24)10-13-22)16-23(27)25-15-19-6-4-3-5-7-19/h3-14H,15-16H2,1-2H3,(H,25,27). The third-order valence-electron chi connectivity index (χ3n) is 4.80. The minimum absolute atomic E-state index is 0.0704. The van der Waals surface area contributed by atoms with Crippen LogP contribution >= 0.6 is 11.6 Å². The summed E-state index contributed by atoms with van der Waals surface area (Å²) >= 11 is 5.91. The molecule has 0 saturated heterocycles. The molecule has 30 heavy (non-hydrogen) atoms. The summed E-state index contributed by atoms with van der Waals surface area (Å²) in [5.74, 6) is -0.394. The number of hydrogen-bond acceptors (Lipinski definition) is 3. The van der Waals surface area contributed by atoms with Crippen molar-refractivity contribution in [1.29, 1.82) is 0 Å². The molecule has 0 spiro atoms. The number of carbonyl (C=O) groups is 1. The Kier molecular flexibility index (Phi) is 6.80. The van der Waals surface area contributed by atoms with Crippen LogP contribution in [0, 0.1) is 13.8 Å². The van der Waals surface area contributed by atoms with Gasteiger partial charge in [-0.3, -0.25) is 9.10 Å². The van der Waals surface area contributed by atoms with Crippen LogP contribution in [0.3, 0.4) is 0 Å². The summed E-state index contributed by atoms with van der Waals surface area (Å²) in [6, 6.07) is 20.7. The molecule has 0 fully saturated rings. The van der Waals surface area contributed by atoms with E-state index in [1.807, 2.05) is 50.2 Å². The average Bonchev–Trinajstić information content (AvgIpc) is 2.73. The number of carbonyl (C=O) groups excluding carboxylic acids is 1. The lowest BCUT2D eigenvalue weighted by Crippen LogP contribution is -2.40. The second-order valence-corrected chi connectivity index (χ2v) is 9.30. The van der Waals surface area contributed by atoms with E-state index in [2.05, 4.69) is 5.32 Å². The van der Waals surface area contributed by atoms with Crippen LogP contribution < -0.4 is 9.62 Å². The number of nitrogens with one attached hydrogen (secondary N) is 1. The van der Waals surface area contributed by atoms with Crippen molar-refractivity contribution in [2.75, 3.05) is 10.8 Å². The Labute approximate surface area is 182 Å². The molecule has 0 aliphatic carbocycles. The van der Waals surface area contributed by atoms with Gasteiger partial charge in [0.15, 0.2) is 0 Å². The number of sulfonamides is 1. The lowest BCUT2D eigenvalue weighted by molar-refractivity contribution is -0.119. The van der Waals surface area contributed by atoms with Gasteiger partial charge in [-0.05, 0) is 66.9 Å². The topological polar surface area (TPSA) is 66.5 Å². The van der Waals surface area contributed by atoms with E-state index in [0.29, 0.717) is 17.3 Å². The van der Waals surface area contributed by atoms with Gasteiger partial charge in [0.05, 0.1) is 10.6 Å². The number of halogens is 1. The van der Waals surface area contributed by atoms with Gasteiger partial charge >= 0.3 is 0 Å². The maximum Gasteiger partial charge on any atom is 0.264 e. The van der Waals surface area contributed by atoms with Crippen molar-refractivity contribution in [3.63, 3.8) is 0 Å². The molecule has 0 aliphatic rings. The number of rotatable bonds is 7. The molecule has 0 bridgehead atoms. The second kappa shape index (κ2) is 9.32. The summed E-state index contributed by atoms with van der Waals surface area (Å²) in [5, 5.41) is 3.23. The van der Waals surface area contributed by atoms with Crippen LogP contribution in [-0.4, -0.2) is 20.9 Å². The number of amides is 1. The smallest absolute Gasteiger partial charge is 0.264 e. The predicted octanol–water partition coefficient (Wildman–Crippen LogP) is 4.47. The van der Waals surface area contributed by atoms with Gasteiger partial charge in [-0.15, -0.1) is 0 Å². The highest BCUT2D eigenvalue weighted by atomic mass is 35.5. The second-order valence-electron chi connectivity index (χ2n) is 7.00. The van der Waals surface area contributed by atoms with E-state index < -0.39 is 15.9 Å². The Morgan fingerprint density at radius 2 is 1.60 bits per heavy atom. The zero-order valence-corrected chi connectivity index (χ0v) is 18.4.